The molecule has 0 amide bonds. The van der Waals surface area contributed by atoms with E-state index in [1.54, 1.807) is 6.92 Å². The summed E-state index contributed by atoms with van der Waals surface area (Å²) in [6.45, 7) is 6.08. The van der Waals surface area contributed by atoms with Gasteiger partial charge in [0.25, 0.3) is 0 Å². The molecule has 0 aliphatic heterocycles. The van der Waals surface area contributed by atoms with Gasteiger partial charge in [-0.2, -0.15) is 0 Å². The number of Topliss-reactive ketones (excluding diaryl/α,β-unsaturated/α-hetero) is 1. The first-order valence-corrected chi connectivity index (χ1v) is 9.96. The van der Waals surface area contributed by atoms with E-state index in [2.05, 4.69) is 19.9 Å². The van der Waals surface area contributed by atoms with Gasteiger partial charge in [0.05, 0.1) is 0 Å². The molecule has 4 nitrogen and oxygen atoms in total. The summed E-state index contributed by atoms with van der Waals surface area (Å²) in [5.41, 5.74) is 0.615. The molecular formula is C22H28O4. The minimum absolute atomic E-state index is 0.0478. The molecule has 0 saturated heterocycles. The average molecular weight is 356 g/mol. The lowest BCUT2D eigenvalue weighted by molar-refractivity contribution is -0.146. The molecule has 0 radical (unpaired) electrons. The highest BCUT2D eigenvalue weighted by molar-refractivity contribution is 5.97. The Kier molecular flexibility index (Phi) is 4.01. The first-order chi connectivity index (χ1) is 12.3. The highest BCUT2D eigenvalue weighted by Crippen LogP contribution is 2.62. The normalized spacial score (nSPS) is 44.0. The maximum atomic E-state index is 13.1. The van der Waals surface area contributed by atoms with Crippen LogP contribution in [-0.4, -0.2) is 23.6 Å². The van der Waals surface area contributed by atoms with Crippen LogP contribution < -0.4 is 0 Å². The summed E-state index contributed by atoms with van der Waals surface area (Å²) in [4.78, 5) is 37.2. The predicted octanol–water partition coefficient (Wildman–Crippen LogP) is 3.80. The summed E-state index contributed by atoms with van der Waals surface area (Å²) in [5.74, 6) is 0.705. The Labute approximate surface area is 155 Å². The Morgan fingerprint density at radius 3 is 2.73 bits per heavy atom. The lowest BCUT2D eigenvalue weighted by atomic mass is 9.49. The molecule has 26 heavy (non-hydrogen) atoms. The lowest BCUT2D eigenvalue weighted by Gasteiger charge is -2.54. The molecule has 2 fully saturated rings. The van der Waals surface area contributed by atoms with E-state index in [9.17, 15) is 14.4 Å². The van der Waals surface area contributed by atoms with E-state index in [0.29, 0.717) is 25.0 Å². The predicted molar refractivity (Wildman–Crippen MR) is 97.2 cm³/mol. The molecule has 0 N–H and O–H groups in total. The van der Waals surface area contributed by atoms with Crippen LogP contribution in [0.15, 0.2) is 23.8 Å². The van der Waals surface area contributed by atoms with E-state index < -0.39 is 0 Å². The van der Waals surface area contributed by atoms with Gasteiger partial charge in [0, 0.05) is 36.0 Å². The molecule has 6 atom stereocenters. The van der Waals surface area contributed by atoms with Gasteiger partial charge in [0.15, 0.2) is 5.78 Å². The number of esters is 1. The standard InChI is InChI=1S/C22H28O4/c1-4-19(25)26-14-7-9-21(2)13(11-14)12-17(23)20-15-5-6-18(24)22(15,3)10-8-16(20)21/h7,9,12,14-16,20H,4-6,8,10-11H2,1-3H3/t14-,15-,16-,20-,21-,22-/m0/s1. The summed E-state index contributed by atoms with van der Waals surface area (Å²) >= 11 is 0. The van der Waals surface area contributed by atoms with E-state index in [-0.39, 0.29) is 46.4 Å². The minimum atomic E-state index is -0.309. The van der Waals surface area contributed by atoms with E-state index in [1.165, 1.54) is 0 Å². The van der Waals surface area contributed by atoms with Crippen molar-refractivity contribution in [3.05, 3.63) is 23.8 Å². The molecule has 4 rings (SSSR count). The summed E-state index contributed by atoms with van der Waals surface area (Å²) < 4.78 is 5.48. The van der Waals surface area contributed by atoms with Crippen molar-refractivity contribution in [3.63, 3.8) is 0 Å². The molecule has 0 spiro atoms. The second-order valence-corrected chi connectivity index (χ2v) is 8.96. The van der Waals surface area contributed by atoms with Crippen LogP contribution in [0.2, 0.25) is 0 Å². The van der Waals surface area contributed by atoms with Crippen LogP contribution >= 0.6 is 0 Å². The third kappa shape index (κ3) is 2.37. The van der Waals surface area contributed by atoms with Crippen molar-refractivity contribution in [2.75, 3.05) is 0 Å². The number of hydrogen-bond donors (Lipinski definition) is 0. The topological polar surface area (TPSA) is 60.4 Å². The Morgan fingerprint density at radius 2 is 2.00 bits per heavy atom. The SMILES string of the molecule is CCC(=O)O[C@H]1C=C[C@@]2(C)C(=CC(=O)[C@@H]3[C@@H]2CC[C@]2(C)C(=O)CC[C@@H]32)C1. The Bertz CT molecular complexity index is 732. The second kappa shape index (κ2) is 5.90. The number of carbonyl (C=O) groups is 3. The smallest absolute Gasteiger partial charge is 0.306 e. The molecule has 0 aromatic heterocycles. The molecular weight excluding hydrogens is 328 g/mol. The molecule has 0 unspecified atom stereocenters. The quantitative estimate of drug-likeness (QED) is 0.558. The van der Waals surface area contributed by atoms with Crippen LogP contribution in [0, 0.1) is 28.6 Å². The van der Waals surface area contributed by atoms with Gasteiger partial charge in [-0.05, 0) is 43.3 Å². The first-order valence-electron chi connectivity index (χ1n) is 9.96. The molecule has 4 heteroatoms. The van der Waals surface area contributed by atoms with Gasteiger partial charge < -0.3 is 4.74 Å². The van der Waals surface area contributed by atoms with Crippen molar-refractivity contribution in [2.24, 2.45) is 28.6 Å². The van der Waals surface area contributed by atoms with Gasteiger partial charge in [-0.25, -0.2) is 0 Å². The third-order valence-corrected chi connectivity index (χ3v) is 7.74. The number of ketones is 2. The number of allylic oxidation sites excluding steroid dienone is 2. The fraction of sp³-hybridized carbons (Fsp3) is 0.682. The molecule has 0 heterocycles. The lowest BCUT2D eigenvalue weighted by Crippen LogP contribution is -2.52. The van der Waals surface area contributed by atoms with Crippen LogP contribution in [-0.2, 0) is 19.1 Å². The monoisotopic (exact) mass is 356 g/mol. The summed E-state index contributed by atoms with van der Waals surface area (Å²) in [7, 11) is 0. The molecule has 0 aromatic rings. The van der Waals surface area contributed by atoms with Crippen molar-refractivity contribution in [1.29, 1.82) is 0 Å². The zero-order valence-corrected chi connectivity index (χ0v) is 15.9. The second-order valence-electron chi connectivity index (χ2n) is 8.96. The molecule has 4 aliphatic rings. The van der Waals surface area contributed by atoms with E-state index in [0.717, 1.165) is 24.8 Å². The Hall–Kier alpha value is -1.71. The summed E-state index contributed by atoms with van der Waals surface area (Å²) in [6.07, 6.45) is 9.94. The molecule has 2 saturated carbocycles. The zero-order valence-electron chi connectivity index (χ0n) is 15.9. The largest absolute Gasteiger partial charge is 0.458 e. The molecule has 0 aromatic carbocycles. The van der Waals surface area contributed by atoms with Crippen LogP contribution in [0.3, 0.4) is 0 Å². The van der Waals surface area contributed by atoms with Crippen LogP contribution in [0.25, 0.3) is 0 Å². The number of ether oxygens (including phenoxy) is 1. The Morgan fingerprint density at radius 1 is 1.23 bits per heavy atom. The van der Waals surface area contributed by atoms with E-state index in [1.807, 2.05) is 12.2 Å². The van der Waals surface area contributed by atoms with E-state index in [4.69, 9.17) is 4.74 Å². The van der Waals surface area contributed by atoms with Crippen molar-refractivity contribution < 1.29 is 19.1 Å². The van der Waals surface area contributed by atoms with Crippen molar-refractivity contribution in [1.82, 2.24) is 0 Å². The van der Waals surface area contributed by atoms with Gasteiger partial charge in [0.2, 0.25) is 0 Å². The Balaban J connectivity index is 1.66. The van der Waals surface area contributed by atoms with Gasteiger partial charge in [-0.15, -0.1) is 0 Å². The van der Waals surface area contributed by atoms with Gasteiger partial charge in [-0.1, -0.05) is 32.4 Å². The van der Waals surface area contributed by atoms with Gasteiger partial charge >= 0.3 is 5.97 Å². The zero-order chi connectivity index (χ0) is 18.7. The molecule has 140 valence electrons. The number of hydrogen-bond acceptors (Lipinski definition) is 4. The minimum Gasteiger partial charge on any atom is -0.458 e. The maximum Gasteiger partial charge on any atom is 0.306 e. The average Bonchev–Trinajstić information content (AvgIpc) is 2.91. The number of carbonyl (C=O) groups excluding carboxylic acids is 3. The fourth-order valence-corrected chi connectivity index (χ4v) is 6.08. The van der Waals surface area contributed by atoms with Crippen molar-refractivity contribution in [3.8, 4) is 0 Å². The molecule has 0 bridgehead atoms. The van der Waals surface area contributed by atoms with Gasteiger partial charge in [0.1, 0.15) is 11.9 Å². The summed E-state index contributed by atoms with van der Waals surface area (Å²) in [5, 5.41) is 0. The van der Waals surface area contributed by atoms with Gasteiger partial charge in [-0.3, -0.25) is 14.4 Å². The van der Waals surface area contributed by atoms with E-state index >= 15 is 0 Å². The van der Waals surface area contributed by atoms with Crippen LogP contribution in [0.1, 0.15) is 59.3 Å². The third-order valence-electron chi connectivity index (χ3n) is 7.74. The highest BCUT2D eigenvalue weighted by Gasteiger charge is 2.60. The van der Waals surface area contributed by atoms with Crippen LogP contribution in [0.5, 0.6) is 0 Å². The maximum absolute atomic E-state index is 13.1. The number of rotatable bonds is 2. The first kappa shape index (κ1) is 17.7. The fourth-order valence-electron chi connectivity index (χ4n) is 6.08. The number of fused-ring (bicyclic) bond motifs is 5. The highest BCUT2D eigenvalue weighted by atomic mass is 16.5. The van der Waals surface area contributed by atoms with Crippen molar-refractivity contribution >= 4 is 17.5 Å². The van der Waals surface area contributed by atoms with Crippen LogP contribution in [0.4, 0.5) is 0 Å². The molecule has 4 aliphatic carbocycles. The van der Waals surface area contributed by atoms with Crippen molar-refractivity contribution in [2.45, 2.75) is 65.4 Å². The summed E-state index contributed by atoms with van der Waals surface area (Å²) in [6, 6.07) is 0.